The van der Waals surface area contributed by atoms with Gasteiger partial charge in [-0.05, 0) is 51.8 Å². The quantitative estimate of drug-likeness (QED) is 0.714. The topological polar surface area (TPSA) is 41.6 Å². The van der Waals surface area contributed by atoms with Crippen LogP contribution >= 0.6 is 39.3 Å². The van der Waals surface area contributed by atoms with Gasteiger partial charge in [0.1, 0.15) is 11.1 Å². The minimum absolute atomic E-state index is 0.0219. The van der Waals surface area contributed by atoms with E-state index in [4.69, 9.17) is 16.3 Å². The molecule has 126 valence electrons. The Kier molecular flexibility index (Phi) is 5.58. The van der Waals surface area contributed by atoms with Crippen LogP contribution in [-0.2, 0) is 0 Å². The maximum atomic E-state index is 12.6. The van der Waals surface area contributed by atoms with Crippen LogP contribution < -0.4 is 10.1 Å². The Morgan fingerprint density at radius 2 is 2.21 bits per heavy atom. The van der Waals surface area contributed by atoms with Gasteiger partial charge in [0.2, 0.25) is 0 Å². The SMILES string of the molecule is COc1ccc(C2SCCN2C(=O)Nc2cccc(Cl)c2)cc1Br. The fourth-order valence-electron chi connectivity index (χ4n) is 2.55. The van der Waals surface area contributed by atoms with Crippen molar-refractivity contribution in [1.82, 2.24) is 4.90 Å². The number of carbonyl (C=O) groups is 1. The van der Waals surface area contributed by atoms with Gasteiger partial charge >= 0.3 is 6.03 Å². The summed E-state index contributed by atoms with van der Waals surface area (Å²) in [6.45, 7) is 0.700. The molecule has 0 radical (unpaired) electrons. The number of rotatable bonds is 3. The van der Waals surface area contributed by atoms with Gasteiger partial charge in [-0.2, -0.15) is 0 Å². The average Bonchev–Trinajstić information content (AvgIpc) is 3.04. The zero-order valence-corrected chi connectivity index (χ0v) is 16.1. The summed E-state index contributed by atoms with van der Waals surface area (Å²) in [5.74, 6) is 1.67. The van der Waals surface area contributed by atoms with Gasteiger partial charge in [0.15, 0.2) is 0 Å². The molecule has 2 aromatic carbocycles. The molecule has 0 spiro atoms. The number of anilines is 1. The Morgan fingerprint density at radius 3 is 2.92 bits per heavy atom. The second-order valence-corrected chi connectivity index (χ2v) is 7.73. The van der Waals surface area contributed by atoms with E-state index in [1.54, 1.807) is 31.0 Å². The third-order valence-corrected chi connectivity index (χ3v) is 5.80. The number of thioether (sulfide) groups is 1. The fraction of sp³-hybridized carbons (Fsp3) is 0.235. The minimum Gasteiger partial charge on any atom is -0.496 e. The number of benzene rings is 2. The van der Waals surface area contributed by atoms with Crippen LogP contribution in [0.25, 0.3) is 0 Å². The Hall–Kier alpha value is -1.37. The van der Waals surface area contributed by atoms with Gasteiger partial charge in [0.25, 0.3) is 0 Å². The second kappa shape index (κ2) is 7.68. The molecule has 7 heteroatoms. The number of methoxy groups -OCH3 is 1. The first-order chi connectivity index (χ1) is 11.6. The van der Waals surface area contributed by atoms with Crippen LogP contribution in [0.4, 0.5) is 10.5 Å². The maximum absolute atomic E-state index is 12.6. The maximum Gasteiger partial charge on any atom is 0.323 e. The number of carbonyl (C=O) groups excluding carboxylic acids is 1. The Morgan fingerprint density at radius 1 is 1.38 bits per heavy atom. The molecule has 1 aliphatic rings. The molecule has 1 aliphatic heterocycles. The largest absolute Gasteiger partial charge is 0.496 e. The van der Waals surface area contributed by atoms with Crippen LogP contribution in [0.15, 0.2) is 46.9 Å². The number of amides is 2. The van der Waals surface area contributed by atoms with E-state index in [2.05, 4.69) is 21.2 Å². The van der Waals surface area contributed by atoms with Crippen LogP contribution in [0.5, 0.6) is 5.75 Å². The molecule has 0 aliphatic carbocycles. The molecule has 24 heavy (non-hydrogen) atoms. The molecular formula is C17H16BrClN2O2S. The van der Waals surface area contributed by atoms with Crippen molar-refractivity contribution in [3.05, 3.63) is 57.5 Å². The average molecular weight is 428 g/mol. The molecule has 1 fully saturated rings. The van der Waals surface area contributed by atoms with Gasteiger partial charge in [-0.3, -0.25) is 0 Å². The number of halogens is 2. The first-order valence-electron chi connectivity index (χ1n) is 7.36. The van der Waals surface area contributed by atoms with Crippen molar-refractivity contribution in [1.29, 1.82) is 0 Å². The summed E-state index contributed by atoms with van der Waals surface area (Å²) < 4.78 is 6.15. The number of hydrogen-bond donors (Lipinski definition) is 1. The highest BCUT2D eigenvalue weighted by Crippen LogP contribution is 2.40. The Labute approximate surface area is 158 Å². The third kappa shape index (κ3) is 3.82. The molecule has 0 aromatic heterocycles. The number of urea groups is 1. The zero-order valence-electron chi connectivity index (χ0n) is 13.0. The summed E-state index contributed by atoms with van der Waals surface area (Å²) in [6, 6.07) is 12.9. The van der Waals surface area contributed by atoms with E-state index >= 15 is 0 Å². The predicted molar refractivity (Wildman–Crippen MR) is 103 cm³/mol. The Balaban J connectivity index is 1.77. The zero-order chi connectivity index (χ0) is 17.1. The van der Waals surface area contributed by atoms with E-state index in [9.17, 15) is 4.79 Å². The predicted octanol–water partition coefficient (Wildman–Crippen LogP) is 5.39. The molecule has 1 heterocycles. The lowest BCUT2D eigenvalue weighted by atomic mass is 10.2. The summed E-state index contributed by atoms with van der Waals surface area (Å²) in [5, 5.41) is 3.49. The normalized spacial score (nSPS) is 17.0. The van der Waals surface area contributed by atoms with Crippen LogP contribution in [0.2, 0.25) is 5.02 Å². The second-order valence-electron chi connectivity index (χ2n) is 5.25. The van der Waals surface area contributed by atoms with E-state index < -0.39 is 0 Å². The monoisotopic (exact) mass is 426 g/mol. The minimum atomic E-state index is -0.126. The number of nitrogens with zero attached hydrogens (tertiary/aromatic N) is 1. The van der Waals surface area contributed by atoms with Gasteiger partial charge < -0.3 is 15.0 Å². The molecule has 1 unspecified atom stereocenters. The van der Waals surface area contributed by atoms with Crippen molar-refractivity contribution in [2.45, 2.75) is 5.37 Å². The van der Waals surface area contributed by atoms with E-state index in [0.717, 1.165) is 21.5 Å². The number of ether oxygens (including phenoxy) is 1. The lowest BCUT2D eigenvalue weighted by Gasteiger charge is -2.25. The summed E-state index contributed by atoms with van der Waals surface area (Å²) in [4.78, 5) is 14.5. The van der Waals surface area contributed by atoms with Gasteiger partial charge in [0.05, 0.1) is 11.6 Å². The molecule has 2 aromatic rings. The summed E-state index contributed by atoms with van der Waals surface area (Å²) in [5.41, 5.74) is 1.76. The molecule has 1 N–H and O–H groups in total. The number of nitrogens with one attached hydrogen (secondary N) is 1. The van der Waals surface area contributed by atoms with Gasteiger partial charge in [-0.25, -0.2) is 4.79 Å². The van der Waals surface area contributed by atoms with E-state index in [0.29, 0.717) is 17.3 Å². The van der Waals surface area contributed by atoms with Gasteiger partial charge in [-0.1, -0.05) is 23.7 Å². The smallest absolute Gasteiger partial charge is 0.323 e. The van der Waals surface area contributed by atoms with Crippen LogP contribution in [0.1, 0.15) is 10.9 Å². The highest BCUT2D eigenvalue weighted by Gasteiger charge is 2.31. The highest BCUT2D eigenvalue weighted by molar-refractivity contribution is 9.10. The van der Waals surface area contributed by atoms with Gasteiger partial charge in [-0.15, -0.1) is 11.8 Å². The molecule has 4 nitrogen and oxygen atoms in total. The first kappa shape index (κ1) is 17.5. The molecule has 3 rings (SSSR count). The number of hydrogen-bond acceptors (Lipinski definition) is 3. The molecule has 2 amide bonds. The lowest BCUT2D eigenvalue weighted by Crippen LogP contribution is -2.34. The summed E-state index contributed by atoms with van der Waals surface area (Å²) in [6.07, 6.45) is 0. The Bertz CT molecular complexity index is 759. The molecule has 0 bridgehead atoms. The fourth-order valence-corrected chi connectivity index (χ4v) is 4.55. The lowest BCUT2D eigenvalue weighted by molar-refractivity contribution is 0.214. The van der Waals surface area contributed by atoms with E-state index in [1.165, 1.54) is 0 Å². The third-order valence-electron chi connectivity index (χ3n) is 3.69. The van der Waals surface area contributed by atoms with E-state index in [1.807, 2.05) is 35.2 Å². The molecular weight excluding hydrogens is 412 g/mol. The molecule has 1 saturated heterocycles. The van der Waals surface area contributed by atoms with Gasteiger partial charge in [0, 0.05) is 23.0 Å². The van der Waals surface area contributed by atoms with Crippen LogP contribution in [-0.4, -0.2) is 30.3 Å². The van der Waals surface area contributed by atoms with E-state index in [-0.39, 0.29) is 11.4 Å². The standard InChI is InChI=1S/C17H16BrClN2O2S/c1-23-15-6-5-11(9-14(15)18)16-21(7-8-24-16)17(22)20-13-4-2-3-12(19)10-13/h2-6,9-10,16H,7-8H2,1H3,(H,20,22). The summed E-state index contributed by atoms with van der Waals surface area (Å²) >= 11 is 11.2. The van der Waals surface area contributed by atoms with Crippen LogP contribution in [0, 0.1) is 0 Å². The van der Waals surface area contributed by atoms with Crippen molar-refractivity contribution in [2.75, 3.05) is 24.7 Å². The van der Waals surface area contributed by atoms with Crippen molar-refractivity contribution in [3.8, 4) is 5.75 Å². The molecule has 0 saturated carbocycles. The van der Waals surface area contributed by atoms with Crippen LogP contribution in [0.3, 0.4) is 0 Å². The highest BCUT2D eigenvalue weighted by atomic mass is 79.9. The van der Waals surface area contributed by atoms with Crippen molar-refractivity contribution >= 4 is 51.0 Å². The summed E-state index contributed by atoms with van der Waals surface area (Å²) in [7, 11) is 1.63. The van der Waals surface area contributed by atoms with Crippen molar-refractivity contribution < 1.29 is 9.53 Å². The van der Waals surface area contributed by atoms with Crippen molar-refractivity contribution in [3.63, 3.8) is 0 Å². The first-order valence-corrected chi connectivity index (χ1v) is 9.58. The molecule has 1 atom stereocenters. The van der Waals surface area contributed by atoms with Crippen molar-refractivity contribution in [2.24, 2.45) is 0 Å².